The van der Waals surface area contributed by atoms with Crippen LogP contribution in [0.3, 0.4) is 0 Å². The van der Waals surface area contributed by atoms with Crippen molar-refractivity contribution in [3.63, 3.8) is 0 Å². The monoisotopic (exact) mass is 1850 g/mol. The molecule has 2 fully saturated rings. The van der Waals surface area contributed by atoms with Gasteiger partial charge in [0.25, 0.3) is 0 Å². The molecule has 2 aliphatic rings. The normalized spacial score (nSPS) is 10.8. The number of carbonyl (C=O) groups is 14. The molecule has 2 saturated carbocycles. The lowest BCUT2D eigenvalue weighted by Crippen LogP contribution is -2.07. The fourth-order valence-corrected chi connectivity index (χ4v) is 8.68. The zero-order valence-electron chi connectivity index (χ0n) is 70.1. The maximum absolute atomic E-state index is 10.6. The number of aliphatic carboxylic acids is 8. The average molecular weight is 1850 g/mol. The molecule has 0 spiro atoms. The Labute approximate surface area is 750 Å². The number of pyridine rings is 3. The number of carboxylic acid groups (broad SMARTS) is 14. The van der Waals surface area contributed by atoms with E-state index in [0.717, 1.165) is 122 Å². The van der Waals surface area contributed by atoms with Crippen molar-refractivity contribution in [2.24, 2.45) is 17.8 Å². The van der Waals surface area contributed by atoms with Crippen LogP contribution < -0.4 is 0 Å². The molecule has 0 aliphatic heterocycles. The molecule has 37 nitrogen and oxygen atoms in total. The number of halogens is 3. The van der Waals surface area contributed by atoms with Crippen molar-refractivity contribution >= 4 is 141 Å². The molecular formula is C88H105Cl3N4O33. The van der Waals surface area contributed by atoms with E-state index in [4.69, 9.17) is 111 Å². The van der Waals surface area contributed by atoms with Gasteiger partial charge >= 0.3 is 89.5 Å². The number of allylic oxidation sites excluding steroid dienone is 1. The van der Waals surface area contributed by atoms with E-state index in [1.54, 1.807) is 52.8 Å². The summed E-state index contributed by atoms with van der Waals surface area (Å²) in [7, 11) is 0. The van der Waals surface area contributed by atoms with Crippen LogP contribution in [0.4, 0.5) is 5.88 Å². The second-order valence-electron chi connectivity index (χ2n) is 26.0. The number of benzene rings is 3. The number of aromatic nitrogens is 3. The van der Waals surface area contributed by atoms with Gasteiger partial charge in [-0.05, 0) is 145 Å². The summed E-state index contributed by atoms with van der Waals surface area (Å²) in [5, 5.41) is 127. The Morgan fingerprint density at radius 2 is 1.05 bits per heavy atom. The first-order valence-corrected chi connectivity index (χ1v) is 39.0. The molecule has 1 atom stereocenters. The number of unbranched alkanes of at least 4 members (excludes halogenated alkanes) is 2. The first kappa shape index (κ1) is 120. The van der Waals surface area contributed by atoms with Crippen LogP contribution >= 0.6 is 34.8 Å². The Bertz CT molecular complexity index is 4910. The maximum Gasteiger partial charge on any atom is 0.433 e. The molecule has 0 radical (unpaired) electrons. The van der Waals surface area contributed by atoms with Crippen molar-refractivity contribution < 1.29 is 157 Å². The first-order valence-electron chi connectivity index (χ1n) is 37.7. The Kier molecular flexibility index (Phi) is 65.4. The third kappa shape index (κ3) is 63.5. The van der Waals surface area contributed by atoms with Gasteiger partial charge in [0, 0.05) is 60.5 Å². The molecule has 0 amide bonds. The number of aryl methyl sites for hydroxylation is 4. The zero-order valence-corrected chi connectivity index (χ0v) is 72.4. The average Bonchev–Trinajstić information content (AvgIpc) is 1.38. The van der Waals surface area contributed by atoms with Gasteiger partial charge in [-0.1, -0.05) is 162 Å². The standard InChI is InChI=1S/C10H7NO2.C9H10O2.C9H8O2.C7H7NO2.C7H8O3.C6H3Cl2NO2.C6H10O2.C6H12O2.C5H3NO5.C5H4O3.C5H8O2.C5H10O2.C4H6O2.C3H5ClO2.CH4/c12-10(13)8-5-7-3-1-2-4-9(7)11-6-8;2*10-9(11)7-6-8-4-2-1-3-5-8;1-5-2-3-6(4-8-5)7(9)10;1-4-3-6(7(8)9)5(2)10-4;7-4-1-3(6(10)11)2-9-5(4)8;7-6(8)5-3-1-2-4-5;1-2-3-4-5-6(7)8;7-5(8)3-1-2-4(11-3)6(9)10;6-5(7)4-1-2-8-3-4;1-4(2)3-5(6)7;1-3-4(2)5(6)7;5-4(6)3-1-2-3;4-2-1-3(5)6;/h1-6H,(H,12,13);1-5H,6-7H2,(H,10,11);1-7H,(H,10,11);2-4H,1H3,(H,9,10);3H,1-2H3,(H,8,9);1-2H,(H,10,11);5H,1-4H2,(H,7,8);2-5H2,1H3,(H,7,8);1-2H,(H,7,8);1-3H,(H,6,7);3H,1-2H3,(H,6,7);4H,3H2,1-2H3,(H,6,7);3H,1-2H2,(H,5,6);1-2H2,(H,5,6);1H4/b;;7-6+;;;;;;;;;;;;. The molecule has 3 aromatic carbocycles. The third-order valence-corrected chi connectivity index (χ3v) is 16.0. The van der Waals surface area contributed by atoms with Crippen LogP contribution in [0.1, 0.15) is 216 Å². The van der Waals surface area contributed by atoms with E-state index < -0.39 is 100 Å². The van der Waals surface area contributed by atoms with Crippen LogP contribution in [-0.4, -0.2) is 181 Å². The quantitative estimate of drug-likeness (QED) is 0.00706. The van der Waals surface area contributed by atoms with Gasteiger partial charge in [-0.25, -0.2) is 43.3 Å². The number of nitrogens with zero attached hydrogens (tertiary/aromatic N) is 4. The Balaban J connectivity index is -0.000000650. The lowest BCUT2D eigenvalue weighted by atomic mass is 10.1. The SMILES string of the molecule is C.CC(C)=CC(=O)O.CCC(C)C(=O)O.CCCCCC(=O)O.Cc1cc(C(=O)O)c(C)o1.Cc1ccc(C(=O)O)cn1.O=C(O)/C=C/c1ccccc1.O=C(O)C1CC1.O=C(O)C1CCCC1.O=C(O)CCCl.O=C(O)CCc1ccccc1.O=C(O)c1ccc([N+](=O)[O-])o1.O=C(O)c1ccoc1.O=C(O)c1cnc(Cl)c(Cl)c1.O=C(O)c1cnc2ccccc2c1. The summed E-state index contributed by atoms with van der Waals surface area (Å²) in [4.78, 5) is 162. The molecule has 696 valence electrons. The molecule has 40 heteroatoms. The number of carboxylic acids is 14. The molecule has 9 aromatic rings. The van der Waals surface area contributed by atoms with Crippen molar-refractivity contribution in [3.05, 3.63) is 265 Å². The van der Waals surface area contributed by atoms with E-state index in [1.165, 1.54) is 55.3 Å². The highest BCUT2D eigenvalue weighted by Gasteiger charge is 2.29. The lowest BCUT2D eigenvalue weighted by molar-refractivity contribution is -0.402. The molecule has 0 saturated heterocycles. The van der Waals surface area contributed by atoms with Gasteiger partial charge in [0.05, 0.1) is 69.3 Å². The van der Waals surface area contributed by atoms with Crippen molar-refractivity contribution in [1.29, 1.82) is 0 Å². The predicted molar refractivity (Wildman–Crippen MR) is 470 cm³/mol. The van der Waals surface area contributed by atoms with Crippen LogP contribution in [0.25, 0.3) is 17.0 Å². The number of fused-ring (bicyclic) bond motifs is 1. The van der Waals surface area contributed by atoms with Crippen LogP contribution in [-0.2, 0) is 44.8 Å². The van der Waals surface area contributed by atoms with Crippen molar-refractivity contribution in [2.75, 3.05) is 5.88 Å². The van der Waals surface area contributed by atoms with E-state index in [1.807, 2.05) is 98.8 Å². The van der Waals surface area contributed by atoms with Crippen LogP contribution in [0.2, 0.25) is 10.2 Å². The minimum Gasteiger partial charge on any atom is -0.481 e. The minimum absolute atomic E-state index is 0. The second-order valence-corrected chi connectivity index (χ2v) is 27.1. The van der Waals surface area contributed by atoms with E-state index >= 15 is 0 Å². The van der Waals surface area contributed by atoms with Crippen molar-refractivity contribution in [1.82, 2.24) is 15.0 Å². The van der Waals surface area contributed by atoms with E-state index in [2.05, 4.69) is 30.7 Å². The molecule has 14 N–H and O–H groups in total. The number of hydrogen-bond donors (Lipinski definition) is 14. The van der Waals surface area contributed by atoms with E-state index in [0.29, 0.717) is 24.4 Å². The van der Waals surface area contributed by atoms with Gasteiger partial charge in [0.1, 0.15) is 33.4 Å². The van der Waals surface area contributed by atoms with Gasteiger partial charge in [-0.3, -0.25) is 48.8 Å². The largest absolute Gasteiger partial charge is 0.481 e. The molecule has 6 heterocycles. The Hall–Kier alpha value is -14.5. The molecule has 2 aliphatic carbocycles. The second kappa shape index (κ2) is 69.9. The summed E-state index contributed by atoms with van der Waals surface area (Å²) in [6.45, 7) is 14.3. The lowest BCUT2D eigenvalue weighted by Gasteiger charge is -1.97. The Morgan fingerprint density at radius 3 is 1.38 bits per heavy atom. The Morgan fingerprint density at radius 1 is 0.539 bits per heavy atom. The topological polar surface area (TPSA) is 643 Å². The van der Waals surface area contributed by atoms with E-state index in [9.17, 15) is 77.2 Å². The van der Waals surface area contributed by atoms with Crippen LogP contribution in [0.15, 0.2) is 196 Å². The first-order chi connectivity index (χ1) is 59.6. The third-order valence-electron chi connectivity index (χ3n) is 15.1. The summed E-state index contributed by atoms with van der Waals surface area (Å²) in [5.74, 6) is -12.1. The fourth-order valence-electron chi connectivity index (χ4n) is 8.25. The van der Waals surface area contributed by atoms with Crippen LogP contribution in [0.5, 0.6) is 0 Å². The molecule has 11 rings (SSSR count). The highest BCUT2D eigenvalue weighted by molar-refractivity contribution is 6.41. The smallest absolute Gasteiger partial charge is 0.433 e. The van der Waals surface area contributed by atoms with Gasteiger partial charge in [-0.2, -0.15) is 0 Å². The van der Waals surface area contributed by atoms with Gasteiger partial charge in [-0.15, -0.1) is 11.6 Å². The number of nitro groups is 1. The van der Waals surface area contributed by atoms with Gasteiger partial charge in [0.15, 0.2) is 0 Å². The number of hydrogen-bond acceptors (Lipinski definition) is 22. The highest BCUT2D eigenvalue weighted by atomic mass is 35.5. The predicted octanol–water partition coefficient (Wildman–Crippen LogP) is 18.9. The number of aromatic carboxylic acids is 6. The highest BCUT2D eigenvalue weighted by Crippen LogP contribution is 2.28. The molecule has 128 heavy (non-hydrogen) atoms. The van der Waals surface area contributed by atoms with Crippen molar-refractivity contribution in [3.8, 4) is 0 Å². The number of para-hydroxylation sites is 1. The molecule has 1 unspecified atom stereocenters. The molecule has 6 aromatic heterocycles. The molecule has 0 bridgehead atoms. The zero-order chi connectivity index (χ0) is 97.3. The fraction of sp³-hybridized carbons (Fsp3) is 0.307. The summed E-state index contributed by atoms with van der Waals surface area (Å²) < 4.78 is 13.8. The number of furan rings is 3. The minimum atomic E-state index is -1.32. The number of alkyl halides is 1. The summed E-state index contributed by atoms with van der Waals surface area (Å²) in [5.41, 5.74) is 5.33. The summed E-state index contributed by atoms with van der Waals surface area (Å²) in [6, 6.07) is 37.3. The van der Waals surface area contributed by atoms with Gasteiger partial charge in [0.2, 0.25) is 5.76 Å². The summed E-state index contributed by atoms with van der Waals surface area (Å²) in [6.07, 6.45) is 20.9. The summed E-state index contributed by atoms with van der Waals surface area (Å²) >= 11 is 16.0. The maximum atomic E-state index is 10.6. The van der Waals surface area contributed by atoms with E-state index in [-0.39, 0.29) is 81.9 Å². The number of rotatable bonds is 23. The van der Waals surface area contributed by atoms with Gasteiger partial charge < -0.3 is 84.7 Å². The van der Waals surface area contributed by atoms with Crippen LogP contribution in [0, 0.1) is 48.6 Å². The van der Waals surface area contributed by atoms with Crippen molar-refractivity contribution in [2.45, 2.75) is 153 Å². The molecular weight excluding hydrogens is 1750 g/mol.